The van der Waals surface area contributed by atoms with Crippen molar-refractivity contribution in [2.24, 2.45) is 0 Å². The molecular weight excluding hydrogens is 278 g/mol. The maximum absolute atomic E-state index is 12.0. The molecule has 114 valence electrons. The third-order valence-corrected chi connectivity index (χ3v) is 3.25. The summed E-state index contributed by atoms with van der Waals surface area (Å²) in [4.78, 5) is 23.8. The van der Waals surface area contributed by atoms with Crippen molar-refractivity contribution >= 4 is 17.6 Å². The summed E-state index contributed by atoms with van der Waals surface area (Å²) in [6.07, 6.45) is 0. The molecule has 0 atom stereocenters. The molecule has 0 aliphatic carbocycles. The Balaban J connectivity index is 1.93. The number of hydrogen-bond acceptors (Lipinski definition) is 3. The first kappa shape index (κ1) is 15.8. The van der Waals surface area contributed by atoms with Gasteiger partial charge in [0.15, 0.2) is 6.61 Å². The van der Waals surface area contributed by atoms with E-state index in [1.165, 1.54) is 0 Å². The van der Waals surface area contributed by atoms with Crippen molar-refractivity contribution in [2.45, 2.75) is 20.8 Å². The average Bonchev–Trinajstić information content (AvgIpc) is 2.47. The first-order valence-corrected chi connectivity index (χ1v) is 7.06. The number of aryl methyl sites for hydroxylation is 3. The Morgan fingerprint density at radius 1 is 1.00 bits per heavy atom. The number of benzene rings is 2. The van der Waals surface area contributed by atoms with Gasteiger partial charge in [-0.05, 0) is 50.1 Å². The van der Waals surface area contributed by atoms with Gasteiger partial charge in [0.25, 0.3) is 5.91 Å². The van der Waals surface area contributed by atoms with Gasteiger partial charge in [-0.2, -0.15) is 0 Å². The lowest BCUT2D eigenvalue weighted by molar-refractivity contribution is -0.119. The van der Waals surface area contributed by atoms with Crippen LogP contribution in [0.1, 0.15) is 27.0 Å². The van der Waals surface area contributed by atoms with Crippen LogP contribution in [-0.2, 0) is 9.53 Å². The van der Waals surface area contributed by atoms with Crippen LogP contribution in [0.25, 0.3) is 0 Å². The minimum Gasteiger partial charge on any atom is -0.452 e. The quantitative estimate of drug-likeness (QED) is 0.880. The molecule has 0 bridgehead atoms. The lowest BCUT2D eigenvalue weighted by Gasteiger charge is -2.09. The summed E-state index contributed by atoms with van der Waals surface area (Å²) in [6.45, 7) is 5.37. The van der Waals surface area contributed by atoms with Gasteiger partial charge < -0.3 is 10.1 Å². The number of amides is 1. The van der Waals surface area contributed by atoms with Gasteiger partial charge in [0.1, 0.15) is 0 Å². The van der Waals surface area contributed by atoms with E-state index in [9.17, 15) is 9.59 Å². The SMILES string of the molecule is Cc1cccc(NC(=O)COC(=O)c2cc(C)ccc2C)c1. The molecular formula is C18H19NO3. The van der Waals surface area contributed by atoms with E-state index in [1.807, 2.05) is 51.1 Å². The molecule has 4 nitrogen and oxygen atoms in total. The van der Waals surface area contributed by atoms with Crippen LogP contribution >= 0.6 is 0 Å². The highest BCUT2D eigenvalue weighted by molar-refractivity contribution is 5.96. The van der Waals surface area contributed by atoms with E-state index in [4.69, 9.17) is 4.74 Å². The predicted molar refractivity (Wildman–Crippen MR) is 86.0 cm³/mol. The first-order valence-electron chi connectivity index (χ1n) is 7.06. The number of anilines is 1. The Morgan fingerprint density at radius 2 is 1.73 bits per heavy atom. The minimum absolute atomic E-state index is 0.305. The van der Waals surface area contributed by atoms with Gasteiger partial charge in [-0.1, -0.05) is 29.8 Å². The topological polar surface area (TPSA) is 55.4 Å². The van der Waals surface area contributed by atoms with E-state index >= 15 is 0 Å². The van der Waals surface area contributed by atoms with E-state index in [-0.39, 0.29) is 12.5 Å². The molecule has 0 spiro atoms. The Kier molecular flexibility index (Phi) is 4.94. The van der Waals surface area contributed by atoms with E-state index in [1.54, 1.807) is 12.1 Å². The molecule has 0 fully saturated rings. The van der Waals surface area contributed by atoms with E-state index in [0.29, 0.717) is 11.3 Å². The maximum atomic E-state index is 12.0. The Morgan fingerprint density at radius 3 is 2.45 bits per heavy atom. The molecule has 4 heteroatoms. The number of carbonyl (C=O) groups excluding carboxylic acids is 2. The summed E-state index contributed by atoms with van der Waals surface area (Å²) in [5, 5.41) is 2.70. The van der Waals surface area contributed by atoms with Gasteiger partial charge in [0, 0.05) is 5.69 Å². The highest BCUT2D eigenvalue weighted by Gasteiger charge is 2.13. The van der Waals surface area contributed by atoms with Crippen molar-refractivity contribution in [1.82, 2.24) is 0 Å². The summed E-state index contributed by atoms with van der Waals surface area (Å²) in [7, 11) is 0. The third kappa shape index (κ3) is 4.19. The van der Waals surface area contributed by atoms with Crippen LogP contribution in [0.3, 0.4) is 0 Å². The van der Waals surface area contributed by atoms with Gasteiger partial charge in [-0.3, -0.25) is 4.79 Å². The summed E-state index contributed by atoms with van der Waals surface area (Å²) < 4.78 is 5.08. The van der Waals surface area contributed by atoms with Crippen molar-refractivity contribution in [3.63, 3.8) is 0 Å². The van der Waals surface area contributed by atoms with Crippen LogP contribution in [0, 0.1) is 20.8 Å². The normalized spacial score (nSPS) is 10.1. The molecule has 0 heterocycles. The smallest absolute Gasteiger partial charge is 0.338 e. The van der Waals surface area contributed by atoms with Gasteiger partial charge >= 0.3 is 5.97 Å². The number of hydrogen-bond donors (Lipinski definition) is 1. The lowest BCUT2D eigenvalue weighted by Crippen LogP contribution is -2.21. The van der Waals surface area contributed by atoms with Crippen LogP contribution in [0.2, 0.25) is 0 Å². The number of nitrogens with one attached hydrogen (secondary N) is 1. The first-order chi connectivity index (χ1) is 10.5. The van der Waals surface area contributed by atoms with E-state index in [0.717, 1.165) is 16.7 Å². The second-order valence-electron chi connectivity index (χ2n) is 5.31. The second-order valence-corrected chi connectivity index (χ2v) is 5.31. The Hall–Kier alpha value is -2.62. The molecule has 0 aliphatic rings. The Labute approximate surface area is 130 Å². The third-order valence-electron chi connectivity index (χ3n) is 3.25. The number of rotatable bonds is 4. The molecule has 22 heavy (non-hydrogen) atoms. The second kappa shape index (κ2) is 6.89. The standard InChI is InChI=1S/C18H19NO3/c1-12-5-4-6-15(9-12)19-17(20)11-22-18(21)16-10-13(2)7-8-14(16)3/h4-10H,11H2,1-3H3,(H,19,20). The van der Waals surface area contributed by atoms with Gasteiger partial charge in [0.05, 0.1) is 5.56 Å². The highest BCUT2D eigenvalue weighted by Crippen LogP contribution is 2.12. The van der Waals surface area contributed by atoms with E-state index < -0.39 is 5.97 Å². The van der Waals surface area contributed by atoms with Crippen molar-refractivity contribution in [3.8, 4) is 0 Å². The van der Waals surface area contributed by atoms with Gasteiger partial charge in [0.2, 0.25) is 0 Å². The molecule has 0 unspecified atom stereocenters. The van der Waals surface area contributed by atoms with Crippen LogP contribution in [0.15, 0.2) is 42.5 Å². The zero-order valence-electron chi connectivity index (χ0n) is 13.0. The maximum Gasteiger partial charge on any atom is 0.338 e. The molecule has 0 radical (unpaired) electrons. The number of ether oxygens (including phenoxy) is 1. The number of esters is 1. The minimum atomic E-state index is -0.486. The molecule has 0 saturated heterocycles. The Bertz CT molecular complexity index is 707. The molecule has 1 amide bonds. The predicted octanol–water partition coefficient (Wildman–Crippen LogP) is 3.41. The molecule has 2 rings (SSSR count). The van der Waals surface area contributed by atoms with Gasteiger partial charge in [-0.25, -0.2) is 4.79 Å². The molecule has 1 N–H and O–H groups in total. The zero-order chi connectivity index (χ0) is 16.1. The highest BCUT2D eigenvalue weighted by atomic mass is 16.5. The monoisotopic (exact) mass is 297 g/mol. The van der Waals surface area contributed by atoms with Crippen LogP contribution < -0.4 is 5.32 Å². The lowest BCUT2D eigenvalue weighted by atomic mass is 10.1. The van der Waals surface area contributed by atoms with Crippen molar-refractivity contribution < 1.29 is 14.3 Å². The van der Waals surface area contributed by atoms with Crippen molar-refractivity contribution in [1.29, 1.82) is 0 Å². The summed E-state index contributed by atoms with van der Waals surface area (Å²) in [6, 6.07) is 13.0. The largest absolute Gasteiger partial charge is 0.452 e. The molecule has 0 aliphatic heterocycles. The average molecular weight is 297 g/mol. The summed E-state index contributed by atoms with van der Waals surface area (Å²) in [5.41, 5.74) is 4.03. The number of carbonyl (C=O) groups is 2. The molecule has 2 aromatic rings. The summed E-state index contributed by atoms with van der Waals surface area (Å²) in [5.74, 6) is -0.843. The van der Waals surface area contributed by atoms with Crippen LogP contribution in [0.5, 0.6) is 0 Å². The van der Waals surface area contributed by atoms with E-state index in [2.05, 4.69) is 5.32 Å². The molecule has 0 aromatic heterocycles. The van der Waals surface area contributed by atoms with Gasteiger partial charge in [-0.15, -0.1) is 0 Å². The fourth-order valence-corrected chi connectivity index (χ4v) is 2.08. The fourth-order valence-electron chi connectivity index (χ4n) is 2.08. The molecule has 0 saturated carbocycles. The van der Waals surface area contributed by atoms with Crippen LogP contribution in [0.4, 0.5) is 5.69 Å². The fraction of sp³-hybridized carbons (Fsp3) is 0.222. The van der Waals surface area contributed by atoms with Crippen LogP contribution in [-0.4, -0.2) is 18.5 Å². The molecule has 2 aromatic carbocycles. The van der Waals surface area contributed by atoms with Crippen molar-refractivity contribution in [2.75, 3.05) is 11.9 Å². The summed E-state index contributed by atoms with van der Waals surface area (Å²) >= 11 is 0. The zero-order valence-corrected chi connectivity index (χ0v) is 13.0. The van der Waals surface area contributed by atoms with Crippen molar-refractivity contribution in [3.05, 3.63) is 64.7 Å².